The van der Waals surface area contributed by atoms with Crippen LogP contribution in [0, 0.1) is 27.7 Å². The van der Waals surface area contributed by atoms with Crippen LogP contribution in [-0.2, 0) is 14.8 Å². The molecule has 0 saturated carbocycles. The lowest BCUT2D eigenvalue weighted by Crippen LogP contribution is -2.38. The number of hydrogen-bond acceptors (Lipinski definition) is 3. The Labute approximate surface area is 178 Å². The maximum absolute atomic E-state index is 13.4. The van der Waals surface area contributed by atoms with Gasteiger partial charge in [-0.2, -0.15) is 0 Å². The first-order valence-corrected chi connectivity index (χ1v) is 11.1. The summed E-state index contributed by atoms with van der Waals surface area (Å²) in [6.07, 6.45) is 0. The number of nitrogens with one attached hydrogen (secondary N) is 1. The van der Waals surface area contributed by atoms with Crippen LogP contribution in [0.4, 0.5) is 11.4 Å². The number of rotatable bonds is 6. The number of benzene rings is 3. The Bertz CT molecular complexity index is 1170. The third-order valence-corrected chi connectivity index (χ3v) is 6.76. The van der Waals surface area contributed by atoms with Crippen LogP contribution < -0.4 is 9.62 Å². The predicted octanol–water partition coefficient (Wildman–Crippen LogP) is 4.75. The van der Waals surface area contributed by atoms with Crippen molar-refractivity contribution in [2.75, 3.05) is 16.2 Å². The topological polar surface area (TPSA) is 66.5 Å². The Hall–Kier alpha value is -3.12. The number of amides is 1. The molecule has 0 radical (unpaired) electrons. The molecule has 0 spiro atoms. The van der Waals surface area contributed by atoms with Gasteiger partial charge in [-0.3, -0.25) is 9.10 Å². The summed E-state index contributed by atoms with van der Waals surface area (Å²) in [4.78, 5) is 12.9. The van der Waals surface area contributed by atoms with Gasteiger partial charge >= 0.3 is 0 Å². The lowest BCUT2D eigenvalue weighted by molar-refractivity contribution is -0.114. The molecule has 1 N–H and O–H groups in total. The van der Waals surface area contributed by atoms with Crippen molar-refractivity contribution in [2.45, 2.75) is 32.6 Å². The number of sulfonamides is 1. The van der Waals surface area contributed by atoms with Crippen molar-refractivity contribution in [2.24, 2.45) is 0 Å². The van der Waals surface area contributed by atoms with E-state index in [2.05, 4.69) is 5.32 Å². The van der Waals surface area contributed by atoms with Gasteiger partial charge in [0.1, 0.15) is 6.54 Å². The molecule has 0 bridgehead atoms. The summed E-state index contributed by atoms with van der Waals surface area (Å²) >= 11 is 0. The average Bonchev–Trinajstić information content (AvgIpc) is 2.69. The molecule has 5 nitrogen and oxygen atoms in total. The Kier molecular flexibility index (Phi) is 6.27. The summed E-state index contributed by atoms with van der Waals surface area (Å²) in [5, 5.41) is 2.81. The van der Waals surface area contributed by atoms with E-state index in [9.17, 15) is 13.2 Å². The van der Waals surface area contributed by atoms with Gasteiger partial charge in [-0.1, -0.05) is 35.9 Å². The molecule has 6 heteroatoms. The summed E-state index contributed by atoms with van der Waals surface area (Å²) in [6, 6.07) is 19.4. The van der Waals surface area contributed by atoms with Crippen LogP contribution in [-0.4, -0.2) is 20.9 Å². The first-order valence-electron chi connectivity index (χ1n) is 9.70. The Morgan fingerprint density at radius 2 is 1.53 bits per heavy atom. The molecule has 3 rings (SSSR count). The zero-order chi connectivity index (χ0) is 21.9. The van der Waals surface area contributed by atoms with Crippen molar-refractivity contribution >= 4 is 27.3 Å². The fourth-order valence-electron chi connectivity index (χ4n) is 3.09. The van der Waals surface area contributed by atoms with Crippen LogP contribution in [0.3, 0.4) is 0 Å². The lowest BCUT2D eigenvalue weighted by atomic mass is 10.1. The first kappa shape index (κ1) is 21.6. The van der Waals surface area contributed by atoms with E-state index in [-0.39, 0.29) is 11.4 Å². The minimum Gasteiger partial charge on any atom is -0.325 e. The highest BCUT2D eigenvalue weighted by Crippen LogP contribution is 2.25. The standard InChI is InChI=1S/C24H26N2O3S/c1-17-8-12-23(13-9-17)30(28,29)26(22-7-5-6-18(2)14-22)16-24(27)25-21-11-10-19(3)20(4)15-21/h5-15H,16H2,1-4H3,(H,25,27). The molecular formula is C24H26N2O3S. The molecule has 0 aliphatic heterocycles. The van der Waals surface area contributed by atoms with Gasteiger partial charge in [0.25, 0.3) is 10.0 Å². The van der Waals surface area contributed by atoms with Gasteiger partial charge < -0.3 is 5.32 Å². The molecule has 30 heavy (non-hydrogen) atoms. The molecule has 3 aromatic rings. The van der Waals surface area contributed by atoms with E-state index < -0.39 is 15.9 Å². The molecule has 156 valence electrons. The van der Waals surface area contributed by atoms with Gasteiger partial charge in [0.2, 0.25) is 5.91 Å². The fraction of sp³-hybridized carbons (Fsp3) is 0.208. The minimum absolute atomic E-state index is 0.147. The van der Waals surface area contributed by atoms with Crippen LogP contribution in [0.2, 0.25) is 0 Å². The average molecular weight is 423 g/mol. The highest BCUT2D eigenvalue weighted by atomic mass is 32.2. The largest absolute Gasteiger partial charge is 0.325 e. The van der Waals surface area contributed by atoms with Crippen LogP contribution in [0.15, 0.2) is 71.6 Å². The normalized spacial score (nSPS) is 11.2. The van der Waals surface area contributed by atoms with Crippen molar-refractivity contribution in [1.82, 2.24) is 0 Å². The molecule has 0 aliphatic carbocycles. The van der Waals surface area contributed by atoms with Crippen LogP contribution in [0.5, 0.6) is 0 Å². The second-order valence-electron chi connectivity index (χ2n) is 7.51. The quantitative estimate of drug-likeness (QED) is 0.623. The lowest BCUT2D eigenvalue weighted by Gasteiger charge is -2.24. The molecule has 0 unspecified atom stereocenters. The zero-order valence-corrected chi connectivity index (χ0v) is 18.5. The van der Waals surface area contributed by atoms with Gasteiger partial charge in [0.05, 0.1) is 10.6 Å². The number of nitrogens with zero attached hydrogens (tertiary/aromatic N) is 1. The molecule has 1 amide bonds. The maximum Gasteiger partial charge on any atom is 0.264 e. The van der Waals surface area contributed by atoms with Crippen LogP contribution >= 0.6 is 0 Å². The van der Waals surface area contributed by atoms with Crippen molar-refractivity contribution in [3.63, 3.8) is 0 Å². The summed E-state index contributed by atoms with van der Waals surface area (Å²) in [6.45, 7) is 7.41. The Morgan fingerprint density at radius 3 is 2.17 bits per heavy atom. The van der Waals surface area contributed by atoms with Gasteiger partial charge in [-0.05, 0) is 80.8 Å². The minimum atomic E-state index is -3.92. The molecule has 3 aromatic carbocycles. The molecular weight excluding hydrogens is 396 g/mol. The van der Waals surface area contributed by atoms with E-state index in [4.69, 9.17) is 0 Å². The Balaban J connectivity index is 1.94. The van der Waals surface area contributed by atoms with Crippen molar-refractivity contribution < 1.29 is 13.2 Å². The molecule has 0 aliphatic rings. The first-order chi connectivity index (χ1) is 14.2. The van der Waals surface area contributed by atoms with E-state index in [1.54, 1.807) is 42.5 Å². The summed E-state index contributed by atoms with van der Waals surface area (Å²) < 4.78 is 27.9. The van der Waals surface area contributed by atoms with Gasteiger partial charge in [0.15, 0.2) is 0 Å². The van der Waals surface area contributed by atoms with E-state index >= 15 is 0 Å². The van der Waals surface area contributed by atoms with Crippen molar-refractivity contribution in [1.29, 1.82) is 0 Å². The SMILES string of the molecule is Cc1ccc(S(=O)(=O)N(CC(=O)Nc2ccc(C)c(C)c2)c2cccc(C)c2)cc1. The second kappa shape index (κ2) is 8.71. The fourth-order valence-corrected chi connectivity index (χ4v) is 4.50. The number of anilines is 2. The van der Waals surface area contributed by atoms with Crippen LogP contribution in [0.25, 0.3) is 0 Å². The van der Waals surface area contributed by atoms with Gasteiger partial charge in [0, 0.05) is 5.69 Å². The van der Waals surface area contributed by atoms with E-state index in [0.29, 0.717) is 11.4 Å². The summed E-state index contributed by atoms with van der Waals surface area (Å²) in [5.74, 6) is -0.407. The number of carbonyl (C=O) groups excluding carboxylic acids is 1. The molecule has 0 heterocycles. The van der Waals surface area contributed by atoms with Crippen molar-refractivity contribution in [3.05, 3.63) is 89.0 Å². The van der Waals surface area contributed by atoms with Gasteiger partial charge in [-0.25, -0.2) is 8.42 Å². The third-order valence-electron chi connectivity index (χ3n) is 4.98. The van der Waals surface area contributed by atoms with Gasteiger partial charge in [-0.15, -0.1) is 0 Å². The zero-order valence-electron chi connectivity index (χ0n) is 17.6. The monoisotopic (exact) mass is 422 g/mol. The Morgan fingerprint density at radius 1 is 0.833 bits per heavy atom. The van der Waals surface area contributed by atoms with Crippen molar-refractivity contribution in [3.8, 4) is 0 Å². The molecule has 0 fully saturated rings. The predicted molar refractivity (Wildman–Crippen MR) is 121 cm³/mol. The van der Waals surface area contributed by atoms with Crippen LogP contribution in [0.1, 0.15) is 22.3 Å². The highest BCUT2D eigenvalue weighted by Gasteiger charge is 2.27. The molecule has 0 atom stereocenters. The highest BCUT2D eigenvalue weighted by molar-refractivity contribution is 7.92. The van der Waals surface area contributed by atoms with E-state index in [1.165, 1.54) is 0 Å². The second-order valence-corrected chi connectivity index (χ2v) is 9.37. The smallest absolute Gasteiger partial charge is 0.264 e. The van der Waals surface area contributed by atoms with E-state index in [0.717, 1.165) is 26.6 Å². The summed E-state index contributed by atoms with van der Waals surface area (Å²) in [5.41, 5.74) is 5.13. The maximum atomic E-state index is 13.4. The number of hydrogen-bond donors (Lipinski definition) is 1. The molecule has 0 aromatic heterocycles. The molecule has 0 saturated heterocycles. The third kappa shape index (κ3) is 4.89. The summed E-state index contributed by atoms with van der Waals surface area (Å²) in [7, 11) is -3.92. The number of carbonyl (C=O) groups is 1. The van der Waals surface area contributed by atoms with E-state index in [1.807, 2.05) is 52.0 Å². The number of aryl methyl sites for hydroxylation is 4.